The Morgan fingerprint density at radius 3 is 2.62 bits per heavy atom. The Balaban J connectivity index is 2.58. The van der Waals surface area contributed by atoms with Crippen LogP contribution in [0.4, 0.5) is 13.2 Å². The lowest BCUT2D eigenvalue weighted by molar-refractivity contribution is -0.139. The normalized spacial score (nSPS) is 11.6. The standard InChI is InChI=1S/C9H11F3N2O2/c1-6(15)7-5-8(14(2)13-7)16-4-3-9(10,11)12/h5H,3-4H2,1-2H3. The number of rotatable bonds is 4. The van der Waals surface area contributed by atoms with E-state index in [4.69, 9.17) is 4.74 Å². The van der Waals surface area contributed by atoms with E-state index in [9.17, 15) is 18.0 Å². The third kappa shape index (κ3) is 3.56. The van der Waals surface area contributed by atoms with E-state index in [1.54, 1.807) is 0 Å². The first-order valence-corrected chi connectivity index (χ1v) is 4.54. The summed E-state index contributed by atoms with van der Waals surface area (Å²) in [6, 6.07) is 1.32. The lowest BCUT2D eigenvalue weighted by Gasteiger charge is -2.07. The van der Waals surface area contributed by atoms with Gasteiger partial charge in [0.1, 0.15) is 5.69 Å². The molecule has 0 N–H and O–H groups in total. The molecule has 0 unspecified atom stereocenters. The SMILES string of the molecule is CC(=O)c1cc(OCCC(F)(F)F)n(C)n1. The number of ketones is 1. The molecule has 0 aromatic carbocycles. The summed E-state index contributed by atoms with van der Waals surface area (Å²) >= 11 is 0. The highest BCUT2D eigenvalue weighted by atomic mass is 19.4. The fourth-order valence-corrected chi connectivity index (χ4v) is 1.03. The Hall–Kier alpha value is -1.53. The number of hydrogen-bond donors (Lipinski definition) is 0. The minimum atomic E-state index is -4.25. The van der Waals surface area contributed by atoms with Crippen molar-refractivity contribution in [3.8, 4) is 5.88 Å². The molecule has 1 aromatic heterocycles. The van der Waals surface area contributed by atoms with Crippen LogP contribution in [0.2, 0.25) is 0 Å². The van der Waals surface area contributed by atoms with Crippen molar-refractivity contribution in [1.82, 2.24) is 9.78 Å². The Morgan fingerprint density at radius 2 is 2.19 bits per heavy atom. The molecule has 1 rings (SSSR count). The Labute approximate surface area is 90.0 Å². The molecule has 0 radical (unpaired) electrons. The van der Waals surface area contributed by atoms with Gasteiger partial charge in [-0.15, -0.1) is 0 Å². The van der Waals surface area contributed by atoms with Gasteiger partial charge in [-0.05, 0) is 0 Å². The Morgan fingerprint density at radius 1 is 1.56 bits per heavy atom. The molecule has 0 atom stereocenters. The van der Waals surface area contributed by atoms with Crippen molar-refractivity contribution in [2.75, 3.05) is 6.61 Å². The summed E-state index contributed by atoms with van der Waals surface area (Å²) in [5.41, 5.74) is 0.171. The number of alkyl halides is 3. The minimum Gasteiger partial charge on any atom is -0.477 e. The molecule has 0 bridgehead atoms. The van der Waals surface area contributed by atoms with Crippen LogP contribution in [0.25, 0.3) is 0 Å². The second kappa shape index (κ2) is 4.54. The quantitative estimate of drug-likeness (QED) is 0.750. The molecule has 0 fully saturated rings. The number of carbonyl (C=O) groups is 1. The molecule has 0 spiro atoms. The van der Waals surface area contributed by atoms with E-state index in [0.717, 1.165) is 0 Å². The number of aryl methyl sites for hydroxylation is 1. The maximum atomic E-state index is 11.8. The number of ether oxygens (including phenoxy) is 1. The molecule has 0 aliphatic heterocycles. The van der Waals surface area contributed by atoms with Crippen LogP contribution in [-0.4, -0.2) is 28.3 Å². The van der Waals surface area contributed by atoms with Crippen molar-refractivity contribution in [1.29, 1.82) is 0 Å². The zero-order valence-electron chi connectivity index (χ0n) is 8.84. The third-order valence-electron chi connectivity index (χ3n) is 1.83. The van der Waals surface area contributed by atoms with Crippen LogP contribution in [0.5, 0.6) is 5.88 Å². The van der Waals surface area contributed by atoms with Crippen molar-refractivity contribution < 1.29 is 22.7 Å². The molecule has 0 aliphatic rings. The number of hydrogen-bond acceptors (Lipinski definition) is 3. The maximum Gasteiger partial charge on any atom is 0.392 e. The lowest BCUT2D eigenvalue weighted by Crippen LogP contribution is -2.14. The van der Waals surface area contributed by atoms with Gasteiger partial charge in [-0.25, -0.2) is 4.68 Å². The van der Waals surface area contributed by atoms with Gasteiger partial charge >= 0.3 is 6.18 Å². The monoisotopic (exact) mass is 236 g/mol. The number of carbonyl (C=O) groups excluding carboxylic acids is 1. The summed E-state index contributed by atoms with van der Waals surface area (Å²) in [7, 11) is 1.50. The van der Waals surface area contributed by atoms with Crippen LogP contribution in [0.1, 0.15) is 23.8 Å². The number of Topliss-reactive ketones (excluding diaryl/α,β-unsaturated/α-hetero) is 1. The van der Waals surface area contributed by atoms with Crippen LogP contribution < -0.4 is 4.74 Å². The lowest BCUT2D eigenvalue weighted by atomic mass is 10.3. The van der Waals surface area contributed by atoms with E-state index in [-0.39, 0.29) is 17.4 Å². The molecule has 0 saturated carbocycles. The van der Waals surface area contributed by atoms with Crippen molar-refractivity contribution in [3.05, 3.63) is 11.8 Å². The molecule has 90 valence electrons. The van der Waals surface area contributed by atoms with E-state index < -0.39 is 19.2 Å². The van der Waals surface area contributed by atoms with Gasteiger partial charge in [0.15, 0.2) is 5.78 Å². The minimum absolute atomic E-state index is 0.148. The van der Waals surface area contributed by atoms with Gasteiger partial charge in [0.05, 0.1) is 13.0 Å². The van der Waals surface area contributed by atoms with E-state index >= 15 is 0 Å². The summed E-state index contributed by atoms with van der Waals surface area (Å²) in [6.45, 7) is 0.836. The van der Waals surface area contributed by atoms with Crippen molar-refractivity contribution in [3.63, 3.8) is 0 Å². The van der Waals surface area contributed by atoms with Crippen LogP contribution in [-0.2, 0) is 7.05 Å². The highest BCUT2D eigenvalue weighted by Crippen LogP contribution is 2.20. The maximum absolute atomic E-state index is 11.8. The van der Waals surface area contributed by atoms with Crippen LogP contribution >= 0.6 is 0 Å². The van der Waals surface area contributed by atoms with Gasteiger partial charge in [0.2, 0.25) is 5.88 Å². The molecular weight excluding hydrogens is 225 g/mol. The third-order valence-corrected chi connectivity index (χ3v) is 1.83. The smallest absolute Gasteiger partial charge is 0.392 e. The molecular formula is C9H11F3N2O2. The topological polar surface area (TPSA) is 44.1 Å². The van der Waals surface area contributed by atoms with Gasteiger partial charge in [-0.1, -0.05) is 0 Å². The first-order valence-electron chi connectivity index (χ1n) is 4.54. The molecule has 4 nitrogen and oxygen atoms in total. The summed E-state index contributed by atoms with van der Waals surface area (Å²) < 4.78 is 41.6. The highest BCUT2D eigenvalue weighted by Gasteiger charge is 2.27. The fraction of sp³-hybridized carbons (Fsp3) is 0.556. The number of halogens is 3. The van der Waals surface area contributed by atoms with E-state index in [1.807, 2.05) is 0 Å². The molecule has 1 aromatic rings. The zero-order valence-corrected chi connectivity index (χ0v) is 8.84. The summed E-state index contributed by atoms with van der Waals surface area (Å²) in [6.07, 6.45) is -5.28. The predicted octanol–water partition coefficient (Wildman–Crippen LogP) is 1.95. The molecule has 0 aliphatic carbocycles. The average Bonchev–Trinajstić information content (AvgIpc) is 2.46. The number of aromatic nitrogens is 2. The second-order valence-electron chi connectivity index (χ2n) is 3.26. The second-order valence-corrected chi connectivity index (χ2v) is 3.26. The number of nitrogens with zero attached hydrogens (tertiary/aromatic N) is 2. The molecule has 0 amide bonds. The predicted molar refractivity (Wildman–Crippen MR) is 49.4 cm³/mol. The van der Waals surface area contributed by atoms with Crippen LogP contribution in [0, 0.1) is 0 Å². The summed E-state index contributed by atoms with van der Waals surface area (Å²) in [5.74, 6) is -0.115. The highest BCUT2D eigenvalue weighted by molar-refractivity contribution is 5.92. The van der Waals surface area contributed by atoms with Gasteiger partial charge in [0.25, 0.3) is 0 Å². The van der Waals surface area contributed by atoms with Crippen molar-refractivity contribution in [2.24, 2.45) is 7.05 Å². The van der Waals surface area contributed by atoms with Gasteiger partial charge in [-0.3, -0.25) is 4.79 Å². The van der Waals surface area contributed by atoms with Gasteiger partial charge < -0.3 is 4.74 Å². The Kier molecular flexibility index (Phi) is 3.56. The summed E-state index contributed by atoms with van der Waals surface area (Å²) in [5, 5.41) is 3.79. The van der Waals surface area contributed by atoms with E-state index in [0.29, 0.717) is 0 Å². The van der Waals surface area contributed by atoms with Crippen molar-refractivity contribution in [2.45, 2.75) is 19.5 Å². The summed E-state index contributed by atoms with van der Waals surface area (Å²) in [4.78, 5) is 10.9. The first kappa shape index (κ1) is 12.5. The van der Waals surface area contributed by atoms with Gasteiger partial charge in [-0.2, -0.15) is 18.3 Å². The molecule has 7 heteroatoms. The van der Waals surface area contributed by atoms with Gasteiger partial charge in [0, 0.05) is 20.0 Å². The van der Waals surface area contributed by atoms with Crippen LogP contribution in [0.15, 0.2) is 6.07 Å². The average molecular weight is 236 g/mol. The van der Waals surface area contributed by atoms with Crippen LogP contribution in [0.3, 0.4) is 0 Å². The van der Waals surface area contributed by atoms with Crippen molar-refractivity contribution >= 4 is 5.78 Å². The van der Waals surface area contributed by atoms with E-state index in [1.165, 1.54) is 24.7 Å². The Bertz CT molecular complexity index is 385. The van der Waals surface area contributed by atoms with E-state index in [2.05, 4.69) is 5.10 Å². The molecule has 1 heterocycles. The largest absolute Gasteiger partial charge is 0.477 e. The molecule has 0 saturated heterocycles. The first-order chi connectivity index (χ1) is 7.29. The fourth-order valence-electron chi connectivity index (χ4n) is 1.03. The molecule has 16 heavy (non-hydrogen) atoms. The zero-order chi connectivity index (χ0) is 12.3.